The monoisotopic (exact) mass is 532 g/mol. The minimum absolute atomic E-state index is 0.212. The lowest BCUT2D eigenvalue weighted by atomic mass is 10.2. The van der Waals surface area contributed by atoms with Crippen LogP contribution in [0.3, 0.4) is 0 Å². The van der Waals surface area contributed by atoms with Gasteiger partial charge >= 0.3 is 0 Å². The van der Waals surface area contributed by atoms with E-state index in [-0.39, 0.29) is 5.70 Å². The largest absolute Gasteiger partial charge is 0.350 e. The van der Waals surface area contributed by atoms with E-state index in [9.17, 15) is 9.59 Å². The Morgan fingerprint density at radius 1 is 0.903 bits per heavy atom. The van der Waals surface area contributed by atoms with Crippen molar-refractivity contribution < 1.29 is 9.59 Å². The fraction of sp³-hybridized carbons (Fsp3) is 0.0435. The van der Waals surface area contributed by atoms with Gasteiger partial charge in [-0.1, -0.05) is 57.0 Å². The normalized spacial score (nSPS) is 13.9. The van der Waals surface area contributed by atoms with E-state index in [0.29, 0.717) is 26.3 Å². The van der Waals surface area contributed by atoms with Crippen molar-refractivity contribution >= 4 is 74.1 Å². The molecular formula is C23H15BrCl2N2O2S. The van der Waals surface area contributed by atoms with Crippen LogP contribution < -0.4 is 10.2 Å². The Hall–Kier alpha value is -2.25. The van der Waals surface area contributed by atoms with Crippen molar-refractivity contribution in [3.05, 3.63) is 97.4 Å². The van der Waals surface area contributed by atoms with Gasteiger partial charge in [0, 0.05) is 25.1 Å². The lowest BCUT2D eigenvalue weighted by molar-refractivity contribution is -0.120. The number of anilines is 2. The highest BCUT2D eigenvalue weighted by Gasteiger charge is 2.40. The average Bonchev–Trinajstić information content (AvgIpc) is 2.97. The van der Waals surface area contributed by atoms with Gasteiger partial charge in [0.15, 0.2) is 0 Å². The van der Waals surface area contributed by atoms with Crippen molar-refractivity contribution in [2.75, 3.05) is 10.2 Å². The molecule has 31 heavy (non-hydrogen) atoms. The molecule has 3 aromatic carbocycles. The predicted molar refractivity (Wildman–Crippen MR) is 131 cm³/mol. The standard InChI is InChI=1S/C23H15BrCl2N2O2S/c1-13-2-9-17(12-19(13)26)28-22(29)20(27-16-7-3-14(24)4-8-16)21(23(28)30)31-18-10-5-15(25)6-11-18/h2-12,27H,1H3. The molecule has 1 heterocycles. The molecule has 0 radical (unpaired) electrons. The molecule has 4 nitrogen and oxygen atoms in total. The second-order valence-corrected chi connectivity index (χ2v) is 9.61. The minimum Gasteiger partial charge on any atom is -0.350 e. The highest BCUT2D eigenvalue weighted by molar-refractivity contribution is 9.10. The summed E-state index contributed by atoms with van der Waals surface area (Å²) in [5.74, 6) is -0.853. The number of rotatable bonds is 5. The summed E-state index contributed by atoms with van der Waals surface area (Å²) in [5, 5.41) is 4.20. The maximum absolute atomic E-state index is 13.3. The molecule has 0 aromatic heterocycles. The molecule has 3 aromatic rings. The molecule has 4 rings (SSSR count). The van der Waals surface area contributed by atoms with E-state index < -0.39 is 11.8 Å². The maximum Gasteiger partial charge on any atom is 0.283 e. The maximum atomic E-state index is 13.3. The number of nitrogens with zero attached hydrogens (tertiary/aromatic N) is 1. The smallest absolute Gasteiger partial charge is 0.283 e. The van der Waals surface area contributed by atoms with Crippen molar-refractivity contribution in [3.63, 3.8) is 0 Å². The number of aryl methyl sites for hydroxylation is 1. The van der Waals surface area contributed by atoms with E-state index in [1.54, 1.807) is 42.5 Å². The van der Waals surface area contributed by atoms with Crippen LogP contribution in [-0.2, 0) is 9.59 Å². The number of thioether (sulfide) groups is 1. The first-order valence-electron chi connectivity index (χ1n) is 9.19. The van der Waals surface area contributed by atoms with Gasteiger partial charge in [-0.2, -0.15) is 0 Å². The van der Waals surface area contributed by atoms with Crippen LogP contribution in [0.5, 0.6) is 0 Å². The van der Waals surface area contributed by atoms with Crippen molar-refractivity contribution in [1.82, 2.24) is 0 Å². The molecule has 8 heteroatoms. The van der Waals surface area contributed by atoms with Crippen molar-refractivity contribution in [2.24, 2.45) is 0 Å². The van der Waals surface area contributed by atoms with Gasteiger partial charge in [0.25, 0.3) is 11.8 Å². The van der Waals surface area contributed by atoms with Gasteiger partial charge in [0.2, 0.25) is 0 Å². The van der Waals surface area contributed by atoms with Gasteiger partial charge in [-0.25, -0.2) is 4.90 Å². The second-order valence-electron chi connectivity index (χ2n) is 6.77. The van der Waals surface area contributed by atoms with Gasteiger partial charge in [-0.15, -0.1) is 0 Å². The van der Waals surface area contributed by atoms with Crippen LogP contribution in [0.2, 0.25) is 10.0 Å². The number of hydrogen-bond donors (Lipinski definition) is 1. The van der Waals surface area contributed by atoms with Crippen LogP contribution >= 0.6 is 50.9 Å². The van der Waals surface area contributed by atoms with Gasteiger partial charge in [0.1, 0.15) is 10.6 Å². The highest BCUT2D eigenvalue weighted by Crippen LogP contribution is 2.39. The molecule has 1 N–H and O–H groups in total. The number of imide groups is 1. The minimum atomic E-state index is -0.440. The topological polar surface area (TPSA) is 49.4 Å². The first-order chi connectivity index (χ1) is 14.8. The van der Waals surface area contributed by atoms with Crippen LogP contribution in [0, 0.1) is 6.92 Å². The predicted octanol–water partition coefficient (Wildman–Crippen LogP) is 7.05. The zero-order chi connectivity index (χ0) is 22.1. The number of halogens is 3. The number of hydrogen-bond acceptors (Lipinski definition) is 4. The Morgan fingerprint density at radius 2 is 1.58 bits per heavy atom. The number of amides is 2. The molecule has 0 saturated heterocycles. The Labute approximate surface area is 202 Å². The van der Waals surface area contributed by atoms with Crippen LogP contribution in [0.4, 0.5) is 11.4 Å². The number of carbonyl (C=O) groups is 2. The van der Waals surface area contributed by atoms with Gasteiger partial charge in [0.05, 0.1) is 5.69 Å². The summed E-state index contributed by atoms with van der Waals surface area (Å²) < 4.78 is 0.910. The zero-order valence-electron chi connectivity index (χ0n) is 16.2. The van der Waals surface area contributed by atoms with Crippen molar-refractivity contribution in [3.8, 4) is 0 Å². The van der Waals surface area contributed by atoms with Crippen LogP contribution in [0.25, 0.3) is 0 Å². The van der Waals surface area contributed by atoms with E-state index in [1.165, 1.54) is 11.8 Å². The molecule has 0 spiro atoms. The van der Waals surface area contributed by atoms with E-state index in [2.05, 4.69) is 21.2 Å². The summed E-state index contributed by atoms with van der Waals surface area (Å²) in [6, 6.07) is 19.6. The molecule has 0 unspecified atom stereocenters. The Bertz CT molecular complexity index is 1140. The third kappa shape index (κ3) is 4.67. The van der Waals surface area contributed by atoms with Gasteiger partial charge in [-0.05, 0) is 73.2 Å². The van der Waals surface area contributed by atoms with Gasteiger partial charge in [-0.3, -0.25) is 9.59 Å². The molecule has 1 aliphatic heterocycles. The van der Waals surface area contributed by atoms with Crippen LogP contribution in [0.1, 0.15) is 5.56 Å². The third-order valence-corrected chi connectivity index (χ3v) is 6.88. The molecule has 0 fully saturated rings. The first kappa shape index (κ1) is 22.0. The zero-order valence-corrected chi connectivity index (χ0v) is 20.1. The fourth-order valence-electron chi connectivity index (χ4n) is 2.97. The average molecular weight is 534 g/mol. The number of nitrogens with one attached hydrogen (secondary N) is 1. The number of benzene rings is 3. The van der Waals surface area contributed by atoms with Crippen LogP contribution in [-0.4, -0.2) is 11.8 Å². The third-order valence-electron chi connectivity index (χ3n) is 4.60. The Morgan fingerprint density at radius 3 is 2.23 bits per heavy atom. The molecule has 1 aliphatic rings. The van der Waals surface area contributed by atoms with Gasteiger partial charge < -0.3 is 5.32 Å². The van der Waals surface area contributed by atoms with Crippen molar-refractivity contribution in [1.29, 1.82) is 0 Å². The fourth-order valence-corrected chi connectivity index (χ4v) is 4.46. The second kappa shape index (κ2) is 9.09. The molecule has 0 bridgehead atoms. The summed E-state index contributed by atoms with van der Waals surface area (Å²) >= 11 is 16.8. The number of carbonyl (C=O) groups excluding carboxylic acids is 2. The molecule has 0 saturated carbocycles. The summed E-state index contributed by atoms with van der Waals surface area (Å²) in [6.07, 6.45) is 0. The quantitative estimate of drug-likeness (QED) is 0.357. The Balaban J connectivity index is 1.74. The summed E-state index contributed by atoms with van der Waals surface area (Å²) in [6.45, 7) is 1.86. The molecule has 0 aliphatic carbocycles. The lowest BCUT2D eigenvalue weighted by Crippen LogP contribution is -2.32. The first-order valence-corrected chi connectivity index (χ1v) is 11.6. The molecule has 0 atom stereocenters. The molecular weight excluding hydrogens is 519 g/mol. The molecule has 156 valence electrons. The molecule has 2 amide bonds. The summed E-state index contributed by atoms with van der Waals surface area (Å²) in [5.41, 5.74) is 2.19. The van der Waals surface area contributed by atoms with Crippen molar-refractivity contribution in [2.45, 2.75) is 11.8 Å². The van der Waals surface area contributed by atoms with E-state index in [4.69, 9.17) is 23.2 Å². The summed E-state index contributed by atoms with van der Waals surface area (Å²) in [4.78, 5) is 28.9. The van der Waals surface area contributed by atoms with Crippen LogP contribution in [0.15, 0.2) is 86.7 Å². The summed E-state index contributed by atoms with van der Waals surface area (Å²) in [7, 11) is 0. The van der Waals surface area contributed by atoms with E-state index in [1.807, 2.05) is 31.2 Å². The van der Waals surface area contributed by atoms with E-state index >= 15 is 0 Å². The SMILES string of the molecule is Cc1ccc(N2C(=O)C(Nc3ccc(Br)cc3)=C(Sc3ccc(Cl)cc3)C2=O)cc1Cl. The lowest BCUT2D eigenvalue weighted by Gasteiger charge is -2.16. The Kier molecular flexibility index (Phi) is 6.44. The van der Waals surface area contributed by atoms with E-state index in [0.717, 1.165) is 19.8 Å². The highest BCUT2D eigenvalue weighted by atomic mass is 79.9.